The third kappa shape index (κ3) is 4.35. The monoisotopic (exact) mass is 241 g/mol. The summed E-state index contributed by atoms with van der Waals surface area (Å²) in [7, 11) is 0. The maximum absolute atomic E-state index is 13.0. The topological polar surface area (TPSA) is 63.3 Å². The zero-order valence-corrected chi connectivity index (χ0v) is 9.55. The summed E-state index contributed by atoms with van der Waals surface area (Å²) in [5.74, 6) is -0.867. The fraction of sp³-hybridized carbons (Fsp3) is 0.182. The van der Waals surface area contributed by atoms with E-state index in [0.717, 1.165) is 6.08 Å². The second-order valence-corrected chi connectivity index (χ2v) is 4.39. The van der Waals surface area contributed by atoms with Crippen LogP contribution >= 0.6 is 11.8 Å². The lowest BCUT2D eigenvalue weighted by Gasteiger charge is -2.03. The van der Waals surface area contributed by atoms with E-state index in [1.807, 2.05) is 0 Å². The van der Waals surface area contributed by atoms with E-state index in [1.54, 1.807) is 13.0 Å². The number of carboxylic acid groups (broad SMARTS) is 1. The molecular weight excluding hydrogens is 229 g/mol. The van der Waals surface area contributed by atoms with E-state index in [-0.39, 0.29) is 5.82 Å². The molecule has 0 aromatic heterocycles. The molecule has 0 bridgehead atoms. The van der Waals surface area contributed by atoms with Crippen molar-refractivity contribution in [2.24, 2.45) is 0 Å². The molecule has 3 N–H and O–H groups in total. The third-order valence-electron chi connectivity index (χ3n) is 1.73. The highest BCUT2D eigenvalue weighted by atomic mass is 32.2. The van der Waals surface area contributed by atoms with E-state index in [1.165, 1.54) is 23.9 Å². The molecule has 0 saturated carbocycles. The molecule has 0 amide bonds. The number of carboxylic acids is 1. The van der Waals surface area contributed by atoms with Gasteiger partial charge in [0.05, 0.1) is 0 Å². The molecule has 1 aromatic carbocycles. The minimum atomic E-state index is -0.975. The molecule has 0 unspecified atom stereocenters. The molecule has 0 aliphatic carbocycles. The molecule has 1 aromatic rings. The summed E-state index contributed by atoms with van der Waals surface area (Å²) < 4.78 is 13.0. The molecule has 5 heteroatoms. The number of aliphatic carboxylic acids is 1. The van der Waals surface area contributed by atoms with Gasteiger partial charge in [0.1, 0.15) is 5.82 Å². The number of benzene rings is 1. The first kappa shape index (κ1) is 12.6. The maximum atomic E-state index is 13.0. The van der Waals surface area contributed by atoms with Crippen molar-refractivity contribution in [3.63, 3.8) is 0 Å². The van der Waals surface area contributed by atoms with E-state index >= 15 is 0 Å². The van der Waals surface area contributed by atoms with Crippen molar-refractivity contribution in [2.75, 3.05) is 11.5 Å². The van der Waals surface area contributed by atoms with Crippen molar-refractivity contribution in [3.05, 3.63) is 35.7 Å². The minimum absolute atomic E-state index is 0.363. The first-order chi connectivity index (χ1) is 7.47. The summed E-state index contributed by atoms with van der Waals surface area (Å²) in [4.78, 5) is 11.1. The SMILES string of the molecule is CC(=CC(=O)O)CSc1cc(N)cc(F)c1. The Morgan fingerprint density at radius 1 is 1.56 bits per heavy atom. The third-order valence-corrected chi connectivity index (χ3v) is 2.90. The van der Waals surface area contributed by atoms with Crippen LogP contribution in [-0.2, 0) is 4.79 Å². The van der Waals surface area contributed by atoms with Crippen molar-refractivity contribution in [1.82, 2.24) is 0 Å². The lowest BCUT2D eigenvalue weighted by Crippen LogP contribution is -1.92. The summed E-state index contributed by atoms with van der Waals surface area (Å²) in [6.45, 7) is 1.71. The fourth-order valence-electron chi connectivity index (χ4n) is 1.12. The van der Waals surface area contributed by atoms with Crippen molar-refractivity contribution in [3.8, 4) is 0 Å². The molecule has 86 valence electrons. The van der Waals surface area contributed by atoms with Gasteiger partial charge in [-0.25, -0.2) is 9.18 Å². The molecule has 0 aliphatic heterocycles. The molecular formula is C11H12FNO2S. The van der Waals surface area contributed by atoms with Crippen LogP contribution < -0.4 is 5.73 Å². The normalized spacial score (nSPS) is 11.5. The number of rotatable bonds is 4. The highest BCUT2D eigenvalue weighted by Crippen LogP contribution is 2.23. The van der Waals surface area contributed by atoms with Crippen LogP contribution in [0.3, 0.4) is 0 Å². The predicted octanol–water partition coefficient (Wildman–Crippen LogP) is 2.53. The Labute approximate surface area is 97.2 Å². The number of carbonyl (C=O) groups is 1. The van der Waals surface area contributed by atoms with Gasteiger partial charge in [0.15, 0.2) is 0 Å². The van der Waals surface area contributed by atoms with Crippen LogP contribution in [-0.4, -0.2) is 16.8 Å². The average molecular weight is 241 g/mol. The summed E-state index contributed by atoms with van der Waals surface area (Å²) in [6.07, 6.45) is 1.13. The Kier molecular flexibility index (Phi) is 4.37. The zero-order valence-electron chi connectivity index (χ0n) is 8.74. The summed E-state index contributed by atoms with van der Waals surface area (Å²) in [6, 6.07) is 4.26. The second-order valence-electron chi connectivity index (χ2n) is 3.34. The Balaban J connectivity index is 2.64. The van der Waals surface area contributed by atoms with E-state index in [9.17, 15) is 9.18 Å². The number of nitrogens with two attached hydrogens (primary N) is 1. The predicted molar refractivity (Wildman–Crippen MR) is 62.9 cm³/mol. The minimum Gasteiger partial charge on any atom is -0.478 e. The van der Waals surface area contributed by atoms with Crippen molar-refractivity contribution >= 4 is 23.4 Å². The van der Waals surface area contributed by atoms with Crippen LogP contribution in [0.2, 0.25) is 0 Å². The number of nitrogen functional groups attached to an aromatic ring is 1. The summed E-state index contributed by atoms with van der Waals surface area (Å²) in [5.41, 5.74) is 6.56. The van der Waals surface area contributed by atoms with Gasteiger partial charge >= 0.3 is 5.97 Å². The van der Waals surface area contributed by atoms with Gasteiger partial charge in [-0.2, -0.15) is 0 Å². The molecule has 0 atom stereocenters. The number of halogens is 1. The lowest BCUT2D eigenvalue weighted by atomic mass is 10.3. The van der Waals surface area contributed by atoms with Gasteiger partial charge < -0.3 is 10.8 Å². The lowest BCUT2D eigenvalue weighted by molar-refractivity contribution is -0.131. The number of hydrogen-bond acceptors (Lipinski definition) is 3. The number of thioether (sulfide) groups is 1. The average Bonchev–Trinajstić information content (AvgIpc) is 2.12. The van der Waals surface area contributed by atoms with Crippen LogP contribution in [0, 0.1) is 5.82 Å². The molecule has 0 saturated heterocycles. The second kappa shape index (κ2) is 5.55. The van der Waals surface area contributed by atoms with Crippen LogP contribution in [0.1, 0.15) is 6.92 Å². The van der Waals surface area contributed by atoms with Gasteiger partial charge in [0, 0.05) is 22.4 Å². The van der Waals surface area contributed by atoms with Crippen LogP contribution in [0.5, 0.6) is 0 Å². The summed E-state index contributed by atoms with van der Waals surface area (Å²) >= 11 is 1.35. The molecule has 0 heterocycles. The maximum Gasteiger partial charge on any atom is 0.328 e. The molecule has 0 radical (unpaired) electrons. The molecule has 1 rings (SSSR count). The van der Waals surface area contributed by atoms with Crippen molar-refractivity contribution in [2.45, 2.75) is 11.8 Å². The van der Waals surface area contributed by atoms with E-state index in [2.05, 4.69) is 0 Å². The number of anilines is 1. The van der Waals surface area contributed by atoms with Crippen LogP contribution in [0.15, 0.2) is 34.7 Å². The molecule has 0 fully saturated rings. The Hall–Kier alpha value is -1.49. The van der Waals surface area contributed by atoms with E-state index in [0.29, 0.717) is 21.9 Å². The quantitative estimate of drug-likeness (QED) is 0.483. The smallest absolute Gasteiger partial charge is 0.328 e. The largest absolute Gasteiger partial charge is 0.478 e. The Morgan fingerprint density at radius 3 is 2.81 bits per heavy atom. The van der Waals surface area contributed by atoms with Gasteiger partial charge in [-0.15, -0.1) is 11.8 Å². The molecule has 3 nitrogen and oxygen atoms in total. The van der Waals surface area contributed by atoms with Crippen LogP contribution in [0.4, 0.5) is 10.1 Å². The van der Waals surface area contributed by atoms with E-state index < -0.39 is 5.97 Å². The van der Waals surface area contributed by atoms with Crippen molar-refractivity contribution in [1.29, 1.82) is 0 Å². The first-order valence-corrected chi connectivity index (χ1v) is 5.55. The highest BCUT2D eigenvalue weighted by molar-refractivity contribution is 7.99. The Bertz CT molecular complexity index is 412. The highest BCUT2D eigenvalue weighted by Gasteiger charge is 2.01. The molecule has 16 heavy (non-hydrogen) atoms. The molecule has 0 spiro atoms. The van der Waals surface area contributed by atoms with Gasteiger partial charge in [0.25, 0.3) is 0 Å². The Morgan fingerprint density at radius 2 is 2.25 bits per heavy atom. The van der Waals surface area contributed by atoms with Gasteiger partial charge in [-0.05, 0) is 25.1 Å². The zero-order chi connectivity index (χ0) is 12.1. The fourth-order valence-corrected chi connectivity index (χ4v) is 2.01. The van der Waals surface area contributed by atoms with Crippen LogP contribution in [0.25, 0.3) is 0 Å². The molecule has 0 aliphatic rings. The summed E-state index contributed by atoms with van der Waals surface area (Å²) in [5, 5.41) is 8.50. The first-order valence-electron chi connectivity index (χ1n) is 4.56. The van der Waals surface area contributed by atoms with Crippen molar-refractivity contribution < 1.29 is 14.3 Å². The van der Waals surface area contributed by atoms with Gasteiger partial charge in [0.2, 0.25) is 0 Å². The standard InChI is InChI=1S/C11H12FNO2S/c1-7(2-11(14)15)6-16-10-4-8(12)3-9(13)5-10/h2-5H,6,13H2,1H3,(H,14,15). The van der Waals surface area contributed by atoms with E-state index in [4.69, 9.17) is 10.8 Å². The van der Waals surface area contributed by atoms with Gasteiger partial charge in [-0.1, -0.05) is 5.57 Å². The van der Waals surface area contributed by atoms with Gasteiger partial charge in [-0.3, -0.25) is 0 Å². The number of hydrogen-bond donors (Lipinski definition) is 2.